The summed E-state index contributed by atoms with van der Waals surface area (Å²) < 4.78 is 20.3. The number of carbonyl (C=O) groups excluding carboxylic acids is 1. The first-order valence-corrected chi connectivity index (χ1v) is 8.58. The second kappa shape index (κ2) is 7.42. The van der Waals surface area contributed by atoms with Crippen LogP contribution >= 0.6 is 11.6 Å². The number of hydrogen-bond acceptors (Lipinski definition) is 3. The molecule has 0 spiro atoms. The van der Waals surface area contributed by atoms with Crippen molar-refractivity contribution < 1.29 is 13.9 Å². The molecule has 2 aromatic rings. The molecule has 3 rings (SSSR count). The maximum absolute atomic E-state index is 14.6. The van der Waals surface area contributed by atoms with Crippen LogP contribution in [0.5, 0.6) is 5.75 Å². The number of benzene rings is 2. The lowest BCUT2D eigenvalue weighted by Crippen LogP contribution is -2.31. The Hall–Kier alpha value is -2.11. The maximum Gasteiger partial charge on any atom is 0.265 e. The highest BCUT2D eigenvalue weighted by Crippen LogP contribution is 2.26. The molecular formula is C19H20ClFN2O2. The summed E-state index contributed by atoms with van der Waals surface area (Å²) in [7, 11) is 0. The van der Waals surface area contributed by atoms with Crippen LogP contribution < -0.4 is 15.4 Å². The van der Waals surface area contributed by atoms with E-state index in [1.807, 2.05) is 13.0 Å². The van der Waals surface area contributed by atoms with Crippen LogP contribution in [0.25, 0.3) is 0 Å². The number of halogens is 2. The monoisotopic (exact) mass is 362 g/mol. The molecule has 1 unspecified atom stereocenters. The van der Waals surface area contributed by atoms with Crippen molar-refractivity contribution >= 4 is 23.2 Å². The summed E-state index contributed by atoms with van der Waals surface area (Å²) in [5, 5.41) is 6.43. The van der Waals surface area contributed by atoms with Crippen molar-refractivity contribution in [2.45, 2.75) is 32.9 Å². The molecule has 0 aromatic heterocycles. The molecule has 1 aliphatic heterocycles. The molecule has 0 saturated carbocycles. The lowest BCUT2D eigenvalue weighted by Gasteiger charge is -2.20. The Morgan fingerprint density at radius 2 is 2.16 bits per heavy atom. The molecule has 0 bridgehead atoms. The molecule has 2 N–H and O–H groups in total. The fourth-order valence-electron chi connectivity index (χ4n) is 2.85. The highest BCUT2D eigenvalue weighted by molar-refractivity contribution is 6.30. The third kappa shape index (κ3) is 3.94. The van der Waals surface area contributed by atoms with Gasteiger partial charge >= 0.3 is 0 Å². The van der Waals surface area contributed by atoms with E-state index in [9.17, 15) is 9.18 Å². The Labute approximate surface area is 151 Å². The molecule has 4 nitrogen and oxygen atoms in total. The zero-order chi connectivity index (χ0) is 18.0. The summed E-state index contributed by atoms with van der Waals surface area (Å²) in [6.45, 7) is 4.86. The van der Waals surface area contributed by atoms with Crippen LogP contribution in [0.2, 0.25) is 5.02 Å². The van der Waals surface area contributed by atoms with E-state index in [2.05, 4.69) is 10.6 Å². The first-order chi connectivity index (χ1) is 12.0. The Morgan fingerprint density at radius 3 is 2.92 bits per heavy atom. The van der Waals surface area contributed by atoms with Crippen LogP contribution in [0.15, 0.2) is 30.3 Å². The Morgan fingerprint density at radius 1 is 1.36 bits per heavy atom. The Kier molecular flexibility index (Phi) is 5.25. The van der Waals surface area contributed by atoms with Gasteiger partial charge < -0.3 is 15.4 Å². The molecule has 1 atom stereocenters. The van der Waals surface area contributed by atoms with Crippen LogP contribution in [0.4, 0.5) is 10.1 Å². The molecular weight excluding hydrogens is 343 g/mol. The Balaban J connectivity index is 1.71. The number of rotatable bonds is 4. The zero-order valence-corrected chi connectivity index (χ0v) is 14.9. The number of nitrogens with one attached hydrogen (secondary N) is 2. The summed E-state index contributed by atoms with van der Waals surface area (Å²) >= 11 is 5.92. The molecule has 132 valence electrons. The van der Waals surface area contributed by atoms with Crippen molar-refractivity contribution in [1.29, 1.82) is 0 Å². The van der Waals surface area contributed by atoms with Crippen molar-refractivity contribution in [1.82, 2.24) is 5.32 Å². The smallest absolute Gasteiger partial charge is 0.265 e. The molecule has 0 saturated heterocycles. The minimum Gasteiger partial charge on any atom is -0.481 e. The average Bonchev–Trinajstić information content (AvgIpc) is 2.60. The van der Waals surface area contributed by atoms with Crippen LogP contribution in [0.3, 0.4) is 0 Å². The summed E-state index contributed by atoms with van der Waals surface area (Å²) in [5.41, 5.74) is 2.62. The number of amides is 1. The molecule has 1 aliphatic rings. The van der Waals surface area contributed by atoms with Crippen LogP contribution in [-0.2, 0) is 17.8 Å². The van der Waals surface area contributed by atoms with E-state index < -0.39 is 12.0 Å². The molecule has 0 aliphatic carbocycles. The van der Waals surface area contributed by atoms with Gasteiger partial charge in [0.05, 0.1) is 5.69 Å². The first-order valence-electron chi connectivity index (χ1n) is 8.20. The van der Waals surface area contributed by atoms with Crippen molar-refractivity contribution in [2.75, 3.05) is 11.9 Å². The third-order valence-electron chi connectivity index (χ3n) is 4.28. The largest absolute Gasteiger partial charge is 0.481 e. The molecule has 0 radical (unpaired) electrons. The van der Waals surface area contributed by atoms with Gasteiger partial charge in [-0.2, -0.15) is 0 Å². The first kappa shape index (κ1) is 17.7. The summed E-state index contributed by atoms with van der Waals surface area (Å²) in [6.07, 6.45) is -0.155. The number of anilines is 1. The predicted octanol–water partition coefficient (Wildman–Crippen LogP) is 3.84. The third-order valence-corrected chi connectivity index (χ3v) is 4.51. The van der Waals surface area contributed by atoms with Crippen molar-refractivity contribution in [3.63, 3.8) is 0 Å². The van der Waals surface area contributed by atoms with E-state index >= 15 is 0 Å². The number of fused-ring (bicyclic) bond motifs is 1. The molecule has 1 amide bonds. The van der Waals surface area contributed by atoms with Crippen LogP contribution in [0.1, 0.15) is 23.6 Å². The summed E-state index contributed by atoms with van der Waals surface area (Å²) in [4.78, 5) is 12.4. The van der Waals surface area contributed by atoms with E-state index in [0.29, 0.717) is 29.3 Å². The lowest BCUT2D eigenvalue weighted by atomic mass is 9.99. The number of aryl methyl sites for hydroxylation is 1. The van der Waals surface area contributed by atoms with Crippen molar-refractivity contribution in [3.05, 3.63) is 57.9 Å². The lowest BCUT2D eigenvalue weighted by molar-refractivity contribution is -0.122. The number of carbonyl (C=O) groups is 1. The standard InChI is InChI=1S/C19H20ClFN2O2/c1-11-9-14(20)4-6-17(11)25-12(2)19(24)23-16-5-3-13-10-22-8-7-15(13)18(16)21/h3-6,9,12,22H,7-8,10H2,1-2H3,(H,23,24). The van der Waals surface area contributed by atoms with Crippen molar-refractivity contribution in [2.24, 2.45) is 0 Å². The van der Waals surface area contributed by atoms with Gasteiger partial charge in [-0.25, -0.2) is 4.39 Å². The van der Waals surface area contributed by atoms with Crippen LogP contribution in [-0.4, -0.2) is 18.6 Å². The Bertz CT molecular complexity index is 810. The molecule has 25 heavy (non-hydrogen) atoms. The fourth-order valence-corrected chi connectivity index (χ4v) is 3.08. The maximum atomic E-state index is 14.6. The van der Waals surface area contributed by atoms with Gasteiger partial charge in [-0.1, -0.05) is 17.7 Å². The SMILES string of the molecule is Cc1cc(Cl)ccc1OC(C)C(=O)Nc1ccc2c(c1F)CCNC2. The predicted molar refractivity (Wildman–Crippen MR) is 96.7 cm³/mol. The van der Waals surface area contributed by atoms with Gasteiger partial charge in [0, 0.05) is 11.6 Å². The van der Waals surface area contributed by atoms with Gasteiger partial charge in [-0.15, -0.1) is 0 Å². The second-order valence-corrected chi connectivity index (χ2v) is 6.59. The fraction of sp³-hybridized carbons (Fsp3) is 0.316. The summed E-state index contributed by atoms with van der Waals surface area (Å²) in [5.74, 6) is -0.187. The van der Waals surface area contributed by atoms with Gasteiger partial charge in [0.25, 0.3) is 5.91 Å². The highest BCUT2D eigenvalue weighted by atomic mass is 35.5. The van der Waals surface area contributed by atoms with Gasteiger partial charge in [-0.3, -0.25) is 4.79 Å². The second-order valence-electron chi connectivity index (χ2n) is 6.15. The summed E-state index contributed by atoms with van der Waals surface area (Å²) in [6, 6.07) is 8.62. The highest BCUT2D eigenvalue weighted by Gasteiger charge is 2.21. The van der Waals surface area contributed by atoms with E-state index in [4.69, 9.17) is 16.3 Å². The molecule has 2 aromatic carbocycles. The molecule has 1 heterocycles. The van der Waals surface area contributed by atoms with Gasteiger partial charge in [0.2, 0.25) is 0 Å². The number of ether oxygens (including phenoxy) is 1. The molecule has 0 fully saturated rings. The topological polar surface area (TPSA) is 50.4 Å². The molecule has 6 heteroatoms. The van der Waals surface area contributed by atoms with E-state index in [1.54, 1.807) is 31.2 Å². The zero-order valence-electron chi connectivity index (χ0n) is 14.2. The number of hydrogen-bond donors (Lipinski definition) is 2. The van der Waals surface area contributed by atoms with Gasteiger partial charge in [0.1, 0.15) is 11.6 Å². The average molecular weight is 363 g/mol. The van der Waals surface area contributed by atoms with Gasteiger partial charge in [-0.05, 0) is 67.8 Å². The minimum absolute atomic E-state index is 0.189. The van der Waals surface area contributed by atoms with E-state index in [0.717, 1.165) is 17.7 Å². The minimum atomic E-state index is -0.767. The van der Waals surface area contributed by atoms with E-state index in [-0.39, 0.29) is 11.5 Å². The van der Waals surface area contributed by atoms with Crippen molar-refractivity contribution in [3.8, 4) is 5.75 Å². The van der Waals surface area contributed by atoms with E-state index in [1.165, 1.54) is 0 Å². The van der Waals surface area contributed by atoms with Gasteiger partial charge in [0.15, 0.2) is 6.10 Å². The normalized spacial score (nSPS) is 14.6. The van der Waals surface area contributed by atoms with Crippen LogP contribution in [0, 0.1) is 12.7 Å². The quantitative estimate of drug-likeness (QED) is 0.868.